The van der Waals surface area contributed by atoms with E-state index in [0.29, 0.717) is 6.54 Å². The average molecular weight is 308 g/mol. The first-order valence-corrected chi connectivity index (χ1v) is 6.80. The number of nitrogens with zero attached hydrogens (tertiary/aromatic N) is 1. The quantitative estimate of drug-likeness (QED) is 0.910. The molecule has 1 aromatic carbocycles. The van der Waals surface area contributed by atoms with Crippen LogP contribution in [0.3, 0.4) is 0 Å². The van der Waals surface area contributed by atoms with Crippen molar-refractivity contribution in [2.45, 2.75) is 20.3 Å². The fraction of sp³-hybridized carbons (Fsp3) is 0.357. The van der Waals surface area contributed by atoms with Crippen LogP contribution >= 0.6 is 15.9 Å². The van der Waals surface area contributed by atoms with E-state index in [-0.39, 0.29) is 5.41 Å². The van der Waals surface area contributed by atoms with Gasteiger partial charge in [-0.2, -0.15) is 0 Å². The largest absolute Gasteiger partial charge is 0.342 e. The van der Waals surface area contributed by atoms with E-state index in [2.05, 4.69) is 45.8 Å². The van der Waals surface area contributed by atoms with Crippen LogP contribution in [0.2, 0.25) is 0 Å². The van der Waals surface area contributed by atoms with Crippen LogP contribution in [-0.2, 0) is 6.42 Å². The van der Waals surface area contributed by atoms with Gasteiger partial charge in [-0.3, -0.25) is 0 Å². The van der Waals surface area contributed by atoms with Gasteiger partial charge in [0.05, 0.1) is 11.9 Å². The minimum atomic E-state index is 0.0725. The third kappa shape index (κ3) is 3.00. The van der Waals surface area contributed by atoms with Gasteiger partial charge >= 0.3 is 0 Å². The first-order valence-electron chi connectivity index (χ1n) is 6.01. The van der Waals surface area contributed by atoms with Crippen molar-refractivity contribution in [1.29, 1.82) is 0 Å². The van der Waals surface area contributed by atoms with Crippen molar-refractivity contribution >= 4 is 15.9 Å². The first-order chi connectivity index (χ1) is 8.52. The number of halogens is 1. The summed E-state index contributed by atoms with van der Waals surface area (Å²) in [5, 5.41) is 0. The molecule has 0 unspecified atom stereocenters. The van der Waals surface area contributed by atoms with E-state index in [1.807, 2.05) is 24.4 Å². The van der Waals surface area contributed by atoms with E-state index in [9.17, 15) is 0 Å². The topological polar surface area (TPSA) is 54.7 Å². The standard InChI is InChI=1S/C14H18BrN3/c1-14(2,9-16)7-13-17-8-12(18-13)10-5-3-4-6-11(10)15/h3-6,8H,7,9,16H2,1-2H3,(H,17,18). The zero-order chi connectivity index (χ0) is 13.2. The number of benzene rings is 1. The molecule has 2 rings (SSSR count). The van der Waals surface area contributed by atoms with Crippen LogP contribution in [0.15, 0.2) is 34.9 Å². The van der Waals surface area contributed by atoms with E-state index in [1.165, 1.54) is 0 Å². The third-order valence-electron chi connectivity index (χ3n) is 2.99. The molecule has 0 aliphatic rings. The number of imidazole rings is 1. The monoisotopic (exact) mass is 307 g/mol. The summed E-state index contributed by atoms with van der Waals surface area (Å²) in [6, 6.07) is 8.11. The van der Waals surface area contributed by atoms with Crippen molar-refractivity contribution in [3.8, 4) is 11.3 Å². The van der Waals surface area contributed by atoms with Crippen molar-refractivity contribution in [2.75, 3.05) is 6.54 Å². The van der Waals surface area contributed by atoms with Gasteiger partial charge in [0.2, 0.25) is 0 Å². The molecule has 0 fully saturated rings. The van der Waals surface area contributed by atoms with E-state index in [1.54, 1.807) is 0 Å². The fourth-order valence-corrected chi connectivity index (χ4v) is 2.29. The molecule has 1 heterocycles. The minimum Gasteiger partial charge on any atom is -0.342 e. The Labute approximate surface area is 116 Å². The van der Waals surface area contributed by atoms with Crippen LogP contribution in [0.5, 0.6) is 0 Å². The van der Waals surface area contributed by atoms with E-state index in [0.717, 1.165) is 28.0 Å². The Morgan fingerprint density at radius 1 is 1.33 bits per heavy atom. The smallest absolute Gasteiger partial charge is 0.107 e. The van der Waals surface area contributed by atoms with Crippen molar-refractivity contribution in [3.05, 3.63) is 40.8 Å². The maximum absolute atomic E-state index is 5.75. The first kappa shape index (κ1) is 13.3. The van der Waals surface area contributed by atoms with Gasteiger partial charge in [0.25, 0.3) is 0 Å². The highest BCUT2D eigenvalue weighted by molar-refractivity contribution is 9.10. The third-order valence-corrected chi connectivity index (χ3v) is 3.68. The van der Waals surface area contributed by atoms with Crippen LogP contribution in [0.25, 0.3) is 11.3 Å². The number of rotatable bonds is 4. The molecule has 0 aliphatic carbocycles. The minimum absolute atomic E-state index is 0.0725. The summed E-state index contributed by atoms with van der Waals surface area (Å²) in [5.74, 6) is 0.983. The highest BCUT2D eigenvalue weighted by atomic mass is 79.9. The Morgan fingerprint density at radius 2 is 2.06 bits per heavy atom. The van der Waals surface area contributed by atoms with Crippen LogP contribution < -0.4 is 5.73 Å². The summed E-state index contributed by atoms with van der Waals surface area (Å²) in [5.41, 5.74) is 7.98. The van der Waals surface area contributed by atoms with Gasteiger partial charge < -0.3 is 10.7 Å². The molecule has 1 aromatic heterocycles. The zero-order valence-corrected chi connectivity index (χ0v) is 12.3. The summed E-state index contributed by atoms with van der Waals surface area (Å²) >= 11 is 3.55. The van der Waals surface area contributed by atoms with E-state index < -0.39 is 0 Å². The number of aromatic amines is 1. The molecule has 0 saturated carbocycles. The molecule has 3 nitrogen and oxygen atoms in total. The van der Waals surface area contributed by atoms with Gasteiger partial charge in [-0.25, -0.2) is 4.98 Å². The second kappa shape index (κ2) is 5.24. The molecular weight excluding hydrogens is 290 g/mol. The lowest BCUT2D eigenvalue weighted by Crippen LogP contribution is -2.26. The lowest BCUT2D eigenvalue weighted by Gasteiger charge is -2.20. The molecule has 0 aliphatic heterocycles. The van der Waals surface area contributed by atoms with Crippen LogP contribution in [0.1, 0.15) is 19.7 Å². The van der Waals surface area contributed by atoms with Gasteiger partial charge in [-0.15, -0.1) is 0 Å². The molecule has 0 spiro atoms. The molecule has 96 valence electrons. The fourth-order valence-electron chi connectivity index (χ4n) is 1.79. The number of hydrogen-bond acceptors (Lipinski definition) is 2. The predicted octanol–water partition coefficient (Wildman–Crippen LogP) is 3.37. The molecule has 0 radical (unpaired) electrons. The molecule has 0 bridgehead atoms. The second-order valence-corrected chi connectivity index (χ2v) is 6.12. The summed E-state index contributed by atoms with van der Waals surface area (Å²) in [6.07, 6.45) is 2.73. The average Bonchev–Trinajstić information content (AvgIpc) is 2.77. The lowest BCUT2D eigenvalue weighted by molar-refractivity contribution is 0.369. The van der Waals surface area contributed by atoms with Gasteiger partial charge in [0.15, 0.2) is 0 Å². The Balaban J connectivity index is 2.24. The highest BCUT2D eigenvalue weighted by Gasteiger charge is 2.18. The SMILES string of the molecule is CC(C)(CN)Cc1ncc(-c2ccccc2Br)[nH]1. The summed E-state index contributed by atoms with van der Waals surface area (Å²) in [7, 11) is 0. The molecule has 18 heavy (non-hydrogen) atoms. The maximum atomic E-state index is 5.75. The molecule has 4 heteroatoms. The Bertz CT molecular complexity index is 531. The molecule has 0 atom stereocenters. The number of H-pyrrole nitrogens is 1. The van der Waals surface area contributed by atoms with Gasteiger partial charge in [-0.1, -0.05) is 48.0 Å². The number of nitrogens with two attached hydrogens (primary N) is 1. The predicted molar refractivity (Wildman–Crippen MR) is 78.3 cm³/mol. The zero-order valence-electron chi connectivity index (χ0n) is 10.7. The van der Waals surface area contributed by atoms with Crippen molar-refractivity contribution in [1.82, 2.24) is 9.97 Å². The van der Waals surface area contributed by atoms with Crippen LogP contribution in [0, 0.1) is 5.41 Å². The number of aromatic nitrogens is 2. The van der Waals surface area contributed by atoms with Crippen LogP contribution in [-0.4, -0.2) is 16.5 Å². The van der Waals surface area contributed by atoms with Crippen molar-refractivity contribution in [3.63, 3.8) is 0 Å². The van der Waals surface area contributed by atoms with Gasteiger partial charge in [-0.05, 0) is 18.0 Å². The van der Waals surface area contributed by atoms with Crippen molar-refractivity contribution < 1.29 is 0 Å². The molecule has 2 aromatic rings. The number of nitrogens with one attached hydrogen (secondary N) is 1. The maximum Gasteiger partial charge on any atom is 0.107 e. The van der Waals surface area contributed by atoms with Crippen LogP contribution in [0.4, 0.5) is 0 Å². The van der Waals surface area contributed by atoms with E-state index >= 15 is 0 Å². The molecule has 0 saturated heterocycles. The molecule has 3 N–H and O–H groups in total. The van der Waals surface area contributed by atoms with E-state index in [4.69, 9.17) is 5.73 Å². The normalized spacial score (nSPS) is 11.8. The second-order valence-electron chi connectivity index (χ2n) is 5.27. The van der Waals surface area contributed by atoms with Gasteiger partial charge in [0.1, 0.15) is 5.82 Å². The summed E-state index contributed by atoms with van der Waals surface area (Å²) in [4.78, 5) is 7.80. The lowest BCUT2D eigenvalue weighted by atomic mass is 9.89. The summed E-state index contributed by atoms with van der Waals surface area (Å²) < 4.78 is 1.07. The summed E-state index contributed by atoms with van der Waals surface area (Å²) in [6.45, 7) is 4.94. The molecule has 0 amide bonds. The number of hydrogen-bond donors (Lipinski definition) is 2. The Hall–Kier alpha value is -1.13. The Morgan fingerprint density at radius 3 is 2.72 bits per heavy atom. The Kier molecular flexibility index (Phi) is 3.88. The van der Waals surface area contributed by atoms with Gasteiger partial charge in [0, 0.05) is 16.5 Å². The van der Waals surface area contributed by atoms with Crippen molar-refractivity contribution in [2.24, 2.45) is 11.1 Å². The highest BCUT2D eigenvalue weighted by Crippen LogP contribution is 2.27. The molecular formula is C14H18BrN3.